The average molecular weight is 388 g/mol. The van der Waals surface area contributed by atoms with E-state index < -0.39 is 5.91 Å². The molecule has 0 spiro atoms. The summed E-state index contributed by atoms with van der Waals surface area (Å²) in [5, 5.41) is 10.7. The number of hydrogen-bond donors (Lipinski definition) is 2. The number of hydrogen-bond acceptors (Lipinski definition) is 4. The Bertz CT molecular complexity index is 860. The first kappa shape index (κ1) is 19.8. The predicted molar refractivity (Wildman–Crippen MR) is 101 cm³/mol. The van der Waals surface area contributed by atoms with Gasteiger partial charge in [-0.15, -0.1) is 5.10 Å². The van der Waals surface area contributed by atoms with Crippen LogP contribution in [-0.4, -0.2) is 51.0 Å². The molecule has 1 unspecified atom stereocenters. The number of primary amides is 1. The van der Waals surface area contributed by atoms with Crippen LogP contribution in [-0.2, 0) is 6.42 Å². The van der Waals surface area contributed by atoms with E-state index in [-0.39, 0.29) is 29.6 Å². The zero-order chi connectivity index (χ0) is 20.3. The van der Waals surface area contributed by atoms with E-state index in [1.165, 1.54) is 12.1 Å². The number of likely N-dealkylation sites (tertiary alicyclic amines) is 1. The molecule has 0 bridgehead atoms. The third-order valence-electron chi connectivity index (χ3n) is 5.09. The summed E-state index contributed by atoms with van der Waals surface area (Å²) in [6.07, 6.45) is 3.64. The number of nitrogens with one attached hydrogen (secondary N) is 1. The van der Waals surface area contributed by atoms with Gasteiger partial charge < -0.3 is 16.0 Å². The van der Waals surface area contributed by atoms with Crippen molar-refractivity contribution in [2.24, 2.45) is 5.73 Å². The van der Waals surface area contributed by atoms with Gasteiger partial charge in [-0.25, -0.2) is 13.9 Å². The van der Waals surface area contributed by atoms with Crippen LogP contribution >= 0.6 is 0 Å². The molecule has 1 aromatic heterocycles. The Hall–Kier alpha value is -2.97. The van der Waals surface area contributed by atoms with Gasteiger partial charge in [-0.05, 0) is 56.4 Å². The van der Waals surface area contributed by atoms with Gasteiger partial charge in [0.1, 0.15) is 5.82 Å². The largest absolute Gasteiger partial charge is 0.364 e. The molecule has 2 aromatic rings. The van der Waals surface area contributed by atoms with Gasteiger partial charge in [0.2, 0.25) is 0 Å². The Morgan fingerprint density at radius 3 is 2.68 bits per heavy atom. The lowest BCUT2D eigenvalue weighted by molar-refractivity contribution is 0.0995. The second-order valence-corrected chi connectivity index (χ2v) is 7.29. The molecular formula is C19H25FN6O2. The fourth-order valence-corrected chi connectivity index (χ4v) is 3.47. The zero-order valence-corrected chi connectivity index (χ0v) is 16.1. The Morgan fingerprint density at radius 2 is 2.07 bits per heavy atom. The molecule has 150 valence electrons. The molecule has 1 aromatic carbocycles. The zero-order valence-electron chi connectivity index (χ0n) is 16.1. The molecule has 1 aliphatic heterocycles. The van der Waals surface area contributed by atoms with Crippen LogP contribution in [0.15, 0.2) is 24.4 Å². The highest BCUT2D eigenvalue weighted by Crippen LogP contribution is 2.22. The summed E-state index contributed by atoms with van der Waals surface area (Å²) in [6, 6.07) is 4.61. The quantitative estimate of drug-likeness (QED) is 0.814. The molecule has 3 rings (SSSR count). The highest BCUT2D eigenvalue weighted by atomic mass is 19.1. The Labute approximate surface area is 162 Å². The summed E-state index contributed by atoms with van der Waals surface area (Å²) in [4.78, 5) is 25.4. The van der Waals surface area contributed by atoms with E-state index in [4.69, 9.17) is 5.73 Å². The van der Waals surface area contributed by atoms with Crippen molar-refractivity contribution in [1.82, 2.24) is 25.2 Å². The number of carbonyl (C=O) groups is 2. The molecule has 1 saturated heterocycles. The molecule has 0 saturated carbocycles. The molecule has 0 aliphatic carbocycles. The number of nitrogens with two attached hydrogens (primary N) is 1. The summed E-state index contributed by atoms with van der Waals surface area (Å²) < 4.78 is 14.9. The van der Waals surface area contributed by atoms with Gasteiger partial charge in [-0.3, -0.25) is 4.79 Å². The first-order chi connectivity index (χ1) is 13.3. The fourth-order valence-electron chi connectivity index (χ4n) is 3.47. The Morgan fingerprint density at radius 1 is 1.36 bits per heavy atom. The predicted octanol–water partition coefficient (Wildman–Crippen LogP) is 1.80. The minimum absolute atomic E-state index is 0.0668. The van der Waals surface area contributed by atoms with Crippen molar-refractivity contribution in [1.29, 1.82) is 0 Å². The first-order valence-corrected chi connectivity index (χ1v) is 9.35. The SMILES string of the molecule is Cc1cc(F)ccc1CC(C)NC(=O)N1CCC(n2cc(C(N)=O)nn2)CC1. The molecule has 3 N–H and O–H groups in total. The summed E-state index contributed by atoms with van der Waals surface area (Å²) in [7, 11) is 0. The van der Waals surface area contributed by atoms with Gasteiger partial charge in [0.15, 0.2) is 5.69 Å². The minimum atomic E-state index is -0.603. The molecular weight excluding hydrogens is 363 g/mol. The molecule has 0 radical (unpaired) electrons. The molecule has 8 nitrogen and oxygen atoms in total. The van der Waals surface area contributed by atoms with Crippen molar-refractivity contribution >= 4 is 11.9 Å². The van der Waals surface area contributed by atoms with Gasteiger partial charge in [0, 0.05) is 19.1 Å². The van der Waals surface area contributed by atoms with Crippen LogP contribution in [0.4, 0.5) is 9.18 Å². The molecule has 3 amide bonds. The van der Waals surface area contributed by atoms with Crippen molar-refractivity contribution in [2.45, 2.75) is 45.2 Å². The first-order valence-electron chi connectivity index (χ1n) is 9.35. The average Bonchev–Trinajstić information content (AvgIpc) is 3.14. The minimum Gasteiger partial charge on any atom is -0.364 e. The van der Waals surface area contributed by atoms with Crippen LogP contribution in [0.25, 0.3) is 0 Å². The van der Waals surface area contributed by atoms with Gasteiger partial charge in [-0.2, -0.15) is 0 Å². The number of amides is 3. The van der Waals surface area contributed by atoms with Crippen molar-refractivity contribution in [3.8, 4) is 0 Å². The number of nitrogens with zero attached hydrogens (tertiary/aromatic N) is 4. The topological polar surface area (TPSA) is 106 Å². The third-order valence-corrected chi connectivity index (χ3v) is 5.09. The number of halogens is 1. The third kappa shape index (κ3) is 4.65. The van der Waals surface area contributed by atoms with Crippen molar-refractivity contribution in [2.75, 3.05) is 13.1 Å². The lowest BCUT2D eigenvalue weighted by Crippen LogP contribution is -2.47. The standard InChI is InChI=1S/C19H25FN6O2/c1-12-9-15(20)4-3-14(12)10-13(2)22-19(28)25-7-5-16(6-8-25)26-11-17(18(21)27)23-24-26/h3-4,9,11,13,16H,5-8,10H2,1-2H3,(H2,21,27)(H,22,28). The van der Waals surface area contributed by atoms with Gasteiger partial charge in [-0.1, -0.05) is 11.3 Å². The molecule has 2 heterocycles. The van der Waals surface area contributed by atoms with E-state index in [9.17, 15) is 14.0 Å². The summed E-state index contributed by atoms with van der Waals surface area (Å²) in [5.74, 6) is -0.857. The van der Waals surface area contributed by atoms with E-state index in [1.54, 1.807) is 21.8 Å². The monoisotopic (exact) mass is 388 g/mol. The van der Waals surface area contributed by atoms with Gasteiger partial charge >= 0.3 is 6.03 Å². The lowest BCUT2D eigenvalue weighted by atomic mass is 10.0. The van der Waals surface area contributed by atoms with Crippen LogP contribution in [0.2, 0.25) is 0 Å². The number of urea groups is 1. The number of piperidine rings is 1. The van der Waals surface area contributed by atoms with E-state index in [1.807, 2.05) is 13.8 Å². The highest BCUT2D eigenvalue weighted by molar-refractivity contribution is 5.90. The van der Waals surface area contributed by atoms with Crippen molar-refractivity contribution < 1.29 is 14.0 Å². The maximum atomic E-state index is 13.2. The van der Waals surface area contributed by atoms with E-state index in [0.717, 1.165) is 24.0 Å². The van der Waals surface area contributed by atoms with Crippen LogP contribution in [0, 0.1) is 12.7 Å². The second-order valence-electron chi connectivity index (χ2n) is 7.29. The second kappa shape index (κ2) is 8.37. The highest BCUT2D eigenvalue weighted by Gasteiger charge is 2.25. The van der Waals surface area contributed by atoms with Crippen LogP contribution in [0.3, 0.4) is 0 Å². The summed E-state index contributed by atoms with van der Waals surface area (Å²) in [6.45, 7) is 4.98. The fraction of sp³-hybridized carbons (Fsp3) is 0.474. The van der Waals surface area contributed by atoms with Crippen LogP contribution in [0.1, 0.15) is 47.4 Å². The number of aryl methyl sites for hydroxylation is 1. The smallest absolute Gasteiger partial charge is 0.317 e. The summed E-state index contributed by atoms with van der Waals surface area (Å²) in [5.41, 5.74) is 7.24. The molecule has 1 atom stereocenters. The van der Waals surface area contributed by atoms with Gasteiger partial charge in [0.25, 0.3) is 5.91 Å². The number of rotatable bonds is 5. The molecule has 1 fully saturated rings. The van der Waals surface area contributed by atoms with Crippen LogP contribution in [0.5, 0.6) is 0 Å². The number of aromatic nitrogens is 3. The molecule has 1 aliphatic rings. The van der Waals surface area contributed by atoms with Gasteiger partial charge in [0.05, 0.1) is 12.2 Å². The van der Waals surface area contributed by atoms with E-state index in [2.05, 4.69) is 15.6 Å². The van der Waals surface area contributed by atoms with Crippen molar-refractivity contribution in [3.63, 3.8) is 0 Å². The van der Waals surface area contributed by atoms with E-state index in [0.29, 0.717) is 19.5 Å². The van der Waals surface area contributed by atoms with E-state index >= 15 is 0 Å². The Balaban J connectivity index is 1.49. The number of benzene rings is 1. The number of carbonyl (C=O) groups excluding carboxylic acids is 2. The molecule has 28 heavy (non-hydrogen) atoms. The lowest BCUT2D eigenvalue weighted by Gasteiger charge is -2.32. The maximum Gasteiger partial charge on any atom is 0.317 e. The Kier molecular flexibility index (Phi) is 5.91. The molecule has 9 heteroatoms. The van der Waals surface area contributed by atoms with Crippen molar-refractivity contribution in [3.05, 3.63) is 47.0 Å². The summed E-state index contributed by atoms with van der Waals surface area (Å²) >= 11 is 0. The van der Waals surface area contributed by atoms with Crippen LogP contribution < -0.4 is 11.1 Å². The normalized spacial score (nSPS) is 16.0. The maximum absolute atomic E-state index is 13.2.